The third-order valence-electron chi connectivity index (χ3n) is 3.12. The fourth-order valence-electron chi connectivity index (χ4n) is 2.02. The number of hydrogen-bond donors (Lipinski definition) is 0. The Labute approximate surface area is 125 Å². The number of sulfone groups is 1. The third kappa shape index (κ3) is 4.12. The van der Waals surface area contributed by atoms with Crippen LogP contribution in [0, 0.1) is 0 Å². The molecule has 0 aliphatic heterocycles. The van der Waals surface area contributed by atoms with Crippen LogP contribution < -0.4 is 0 Å². The van der Waals surface area contributed by atoms with E-state index in [2.05, 4.69) is 0 Å². The van der Waals surface area contributed by atoms with Crippen LogP contribution in [0.2, 0.25) is 0 Å². The molecule has 0 amide bonds. The monoisotopic (exact) mass is 306 g/mol. The summed E-state index contributed by atoms with van der Waals surface area (Å²) in [5, 5.41) is 0. The highest BCUT2D eigenvalue weighted by molar-refractivity contribution is 7.98. The van der Waals surface area contributed by atoms with Crippen molar-refractivity contribution in [3.63, 3.8) is 0 Å². The molecule has 0 aliphatic carbocycles. The first-order valence-corrected chi connectivity index (χ1v) is 9.40. The van der Waals surface area contributed by atoms with E-state index in [0.29, 0.717) is 11.3 Å². The minimum absolute atomic E-state index is 0.194. The minimum atomic E-state index is -3.18. The van der Waals surface area contributed by atoms with Crippen molar-refractivity contribution in [2.24, 2.45) is 0 Å². The fourth-order valence-corrected chi connectivity index (χ4v) is 3.91. The molecule has 0 radical (unpaired) electrons. The molecular weight excluding hydrogens is 288 g/mol. The van der Waals surface area contributed by atoms with E-state index in [1.165, 1.54) is 5.56 Å². The molecular formula is C16H18O2S2. The van der Waals surface area contributed by atoms with E-state index in [1.807, 2.05) is 42.7 Å². The van der Waals surface area contributed by atoms with Crippen molar-refractivity contribution in [1.82, 2.24) is 0 Å². The fraction of sp³-hybridized carbons (Fsp3) is 0.250. The Bertz CT molecular complexity index is 649. The van der Waals surface area contributed by atoms with Gasteiger partial charge in [0.2, 0.25) is 0 Å². The van der Waals surface area contributed by atoms with Crippen LogP contribution in [0.5, 0.6) is 0 Å². The highest BCUT2D eigenvalue weighted by Crippen LogP contribution is 2.20. The Hall–Kier alpha value is -1.26. The van der Waals surface area contributed by atoms with Crippen molar-refractivity contribution in [2.75, 3.05) is 12.0 Å². The highest BCUT2D eigenvalue weighted by atomic mass is 32.2. The molecule has 106 valence electrons. The second kappa shape index (κ2) is 6.95. The Morgan fingerprint density at radius 1 is 1.00 bits per heavy atom. The first-order chi connectivity index (χ1) is 9.62. The molecule has 0 aliphatic rings. The predicted molar refractivity (Wildman–Crippen MR) is 85.0 cm³/mol. The van der Waals surface area contributed by atoms with E-state index >= 15 is 0 Å². The molecule has 0 heterocycles. The summed E-state index contributed by atoms with van der Waals surface area (Å²) in [5.41, 5.74) is 1.18. The Kier molecular flexibility index (Phi) is 5.26. The number of benzene rings is 2. The van der Waals surface area contributed by atoms with E-state index in [9.17, 15) is 8.42 Å². The van der Waals surface area contributed by atoms with Gasteiger partial charge in [-0.3, -0.25) is 0 Å². The molecule has 2 aromatic carbocycles. The maximum Gasteiger partial charge on any atom is 0.178 e. The minimum Gasteiger partial charge on any atom is -0.224 e. The van der Waals surface area contributed by atoms with Crippen molar-refractivity contribution in [3.05, 3.63) is 60.2 Å². The lowest BCUT2D eigenvalue weighted by Crippen LogP contribution is -2.07. The zero-order valence-electron chi connectivity index (χ0n) is 11.5. The van der Waals surface area contributed by atoms with E-state index in [4.69, 9.17) is 0 Å². The largest absolute Gasteiger partial charge is 0.224 e. The molecule has 0 spiro atoms. The van der Waals surface area contributed by atoms with Gasteiger partial charge in [0.25, 0.3) is 0 Å². The quantitative estimate of drug-likeness (QED) is 0.761. The number of rotatable bonds is 6. The second-order valence-corrected chi connectivity index (χ2v) is 7.58. The van der Waals surface area contributed by atoms with Crippen LogP contribution in [-0.2, 0) is 16.3 Å². The maximum absolute atomic E-state index is 12.3. The lowest BCUT2D eigenvalue weighted by atomic mass is 10.1. The van der Waals surface area contributed by atoms with Crippen LogP contribution in [0.3, 0.4) is 0 Å². The molecule has 0 unspecified atom stereocenters. The number of thioether (sulfide) groups is 1. The molecule has 20 heavy (non-hydrogen) atoms. The van der Waals surface area contributed by atoms with E-state index in [-0.39, 0.29) is 5.75 Å². The van der Waals surface area contributed by atoms with Gasteiger partial charge in [0, 0.05) is 4.90 Å². The molecule has 0 fully saturated rings. The van der Waals surface area contributed by atoms with E-state index in [1.54, 1.807) is 30.0 Å². The van der Waals surface area contributed by atoms with Crippen LogP contribution in [0.15, 0.2) is 64.4 Å². The standard InChI is InChI=1S/C16H18O2S2/c1-19-15-10-5-11-16(13-15)20(17,18)12-6-9-14-7-3-2-4-8-14/h2-5,7-8,10-11,13H,6,9,12H2,1H3. The zero-order valence-corrected chi connectivity index (χ0v) is 13.1. The Balaban J connectivity index is 2.00. The van der Waals surface area contributed by atoms with Gasteiger partial charge >= 0.3 is 0 Å². The molecule has 0 saturated heterocycles. The van der Waals surface area contributed by atoms with Crippen molar-refractivity contribution in [2.45, 2.75) is 22.6 Å². The zero-order chi connectivity index (χ0) is 14.4. The van der Waals surface area contributed by atoms with Gasteiger partial charge in [0.05, 0.1) is 10.6 Å². The molecule has 0 aromatic heterocycles. The summed E-state index contributed by atoms with van der Waals surface area (Å²) in [4.78, 5) is 1.41. The molecule has 2 nitrogen and oxygen atoms in total. The lowest BCUT2D eigenvalue weighted by molar-refractivity contribution is 0.593. The van der Waals surface area contributed by atoms with Crippen LogP contribution in [0.25, 0.3) is 0 Å². The van der Waals surface area contributed by atoms with Gasteiger partial charge in [-0.25, -0.2) is 8.42 Å². The summed E-state index contributed by atoms with van der Waals surface area (Å²) < 4.78 is 24.6. The van der Waals surface area contributed by atoms with Gasteiger partial charge in [-0.2, -0.15) is 0 Å². The van der Waals surface area contributed by atoms with Crippen LogP contribution >= 0.6 is 11.8 Å². The molecule has 2 aromatic rings. The predicted octanol–water partition coefficient (Wildman–Crippen LogP) is 3.82. The van der Waals surface area contributed by atoms with Crippen molar-refractivity contribution in [3.8, 4) is 0 Å². The lowest BCUT2D eigenvalue weighted by Gasteiger charge is -2.06. The van der Waals surface area contributed by atoms with Crippen LogP contribution in [0.4, 0.5) is 0 Å². The normalized spacial score (nSPS) is 11.4. The summed E-state index contributed by atoms with van der Waals surface area (Å²) in [6.07, 6.45) is 3.39. The molecule has 0 saturated carbocycles. The van der Waals surface area contributed by atoms with Gasteiger partial charge in [-0.05, 0) is 42.9 Å². The van der Waals surface area contributed by atoms with Gasteiger partial charge in [0.1, 0.15) is 0 Å². The van der Waals surface area contributed by atoms with Crippen molar-refractivity contribution in [1.29, 1.82) is 0 Å². The van der Waals surface area contributed by atoms with Crippen LogP contribution in [0.1, 0.15) is 12.0 Å². The SMILES string of the molecule is CSc1cccc(S(=O)(=O)CCCc2ccccc2)c1. The Morgan fingerprint density at radius 3 is 2.45 bits per heavy atom. The molecule has 0 bridgehead atoms. The average Bonchev–Trinajstić information content (AvgIpc) is 2.48. The van der Waals surface area contributed by atoms with Crippen molar-refractivity contribution >= 4 is 21.6 Å². The smallest absolute Gasteiger partial charge is 0.178 e. The van der Waals surface area contributed by atoms with Crippen molar-refractivity contribution < 1.29 is 8.42 Å². The van der Waals surface area contributed by atoms with E-state index in [0.717, 1.165) is 11.3 Å². The summed E-state index contributed by atoms with van der Waals surface area (Å²) in [7, 11) is -3.18. The van der Waals surface area contributed by atoms with Gasteiger partial charge in [-0.15, -0.1) is 11.8 Å². The molecule has 2 rings (SSSR count). The van der Waals surface area contributed by atoms with Gasteiger partial charge in [0.15, 0.2) is 9.84 Å². The topological polar surface area (TPSA) is 34.1 Å². The first-order valence-electron chi connectivity index (χ1n) is 6.52. The summed E-state index contributed by atoms with van der Waals surface area (Å²) in [5.74, 6) is 0.194. The molecule has 4 heteroatoms. The van der Waals surface area contributed by atoms with Gasteiger partial charge in [-0.1, -0.05) is 36.4 Å². The summed E-state index contributed by atoms with van der Waals surface area (Å²) in [6, 6.07) is 17.1. The average molecular weight is 306 g/mol. The van der Waals surface area contributed by atoms with Crippen LogP contribution in [-0.4, -0.2) is 20.4 Å². The van der Waals surface area contributed by atoms with E-state index < -0.39 is 9.84 Å². The summed E-state index contributed by atoms with van der Waals surface area (Å²) in [6.45, 7) is 0. The second-order valence-electron chi connectivity index (χ2n) is 4.59. The highest BCUT2D eigenvalue weighted by Gasteiger charge is 2.14. The summed E-state index contributed by atoms with van der Waals surface area (Å²) >= 11 is 1.56. The molecule has 0 N–H and O–H groups in total. The number of aryl methyl sites for hydroxylation is 1. The molecule has 0 atom stereocenters. The Morgan fingerprint density at radius 2 is 1.75 bits per heavy atom. The van der Waals surface area contributed by atoms with Gasteiger partial charge < -0.3 is 0 Å². The first kappa shape index (κ1) is 15.1. The maximum atomic E-state index is 12.3. The third-order valence-corrected chi connectivity index (χ3v) is 5.65. The number of hydrogen-bond acceptors (Lipinski definition) is 3.